The van der Waals surface area contributed by atoms with Crippen LogP contribution in [0.2, 0.25) is 0 Å². The number of aromatic amines is 1. The summed E-state index contributed by atoms with van der Waals surface area (Å²) in [5.74, 6) is 0.367. The predicted octanol–water partition coefficient (Wildman–Crippen LogP) is 0.646. The van der Waals surface area contributed by atoms with Crippen LogP contribution in [-0.4, -0.2) is 93.3 Å². The largest absolute Gasteiger partial charge is 0.473 e. The molecule has 0 saturated heterocycles. The number of nitrogens with one attached hydrogen (secondary N) is 3. The molecule has 43 heavy (non-hydrogen) atoms. The number of aliphatic imine (C=N–C) groups is 2. The zero-order valence-electron chi connectivity index (χ0n) is 24.2. The number of hydrogen-bond acceptors (Lipinski definition) is 16. The molecular weight excluding hydrogens is 564 g/mol. The summed E-state index contributed by atoms with van der Waals surface area (Å²) in [6, 6.07) is 0. The van der Waals surface area contributed by atoms with Crippen LogP contribution >= 0.6 is 0 Å². The first-order chi connectivity index (χ1) is 20.6. The van der Waals surface area contributed by atoms with E-state index in [0.29, 0.717) is 23.1 Å². The van der Waals surface area contributed by atoms with E-state index in [9.17, 15) is 14.4 Å². The molecule has 0 amide bonds. The van der Waals surface area contributed by atoms with Crippen LogP contribution < -0.4 is 32.4 Å². The van der Waals surface area contributed by atoms with Gasteiger partial charge >= 0.3 is 0 Å². The summed E-state index contributed by atoms with van der Waals surface area (Å²) >= 11 is 0. The van der Waals surface area contributed by atoms with Crippen molar-refractivity contribution in [2.45, 2.75) is 64.3 Å². The Labute approximate surface area is 246 Å². The number of H-pyrrole nitrogens is 1. The van der Waals surface area contributed by atoms with E-state index in [0.717, 1.165) is 25.7 Å². The van der Waals surface area contributed by atoms with Crippen molar-refractivity contribution in [3.8, 4) is 5.88 Å². The number of fused-ring (bicyclic) bond motifs is 2. The van der Waals surface area contributed by atoms with Gasteiger partial charge in [0.2, 0.25) is 29.3 Å². The number of nitrogen functional groups attached to an aromatic ring is 2. The van der Waals surface area contributed by atoms with E-state index < -0.39 is 23.6 Å². The van der Waals surface area contributed by atoms with E-state index >= 15 is 0 Å². The summed E-state index contributed by atoms with van der Waals surface area (Å²) in [5, 5.41) is 15.0. The van der Waals surface area contributed by atoms with E-state index in [1.54, 1.807) is 6.92 Å². The number of carbonyl (C=O) groups is 2. The van der Waals surface area contributed by atoms with Gasteiger partial charge in [0.15, 0.2) is 23.0 Å². The molecule has 0 aromatic carbocycles. The molecule has 1 fully saturated rings. The number of ether oxygens (including phenoxy) is 3. The molecule has 232 valence electrons. The number of rotatable bonds is 9. The second kappa shape index (κ2) is 14.1. The van der Waals surface area contributed by atoms with Crippen LogP contribution in [0.25, 0.3) is 0 Å². The fourth-order valence-corrected chi connectivity index (χ4v) is 4.50. The third-order valence-corrected chi connectivity index (χ3v) is 6.71. The average Bonchev–Trinajstić information content (AvgIpc) is 2.99. The highest BCUT2D eigenvalue weighted by Crippen LogP contribution is 2.37. The minimum atomic E-state index is -1.15. The lowest BCUT2D eigenvalue weighted by molar-refractivity contribution is -0.131. The summed E-state index contributed by atoms with van der Waals surface area (Å²) < 4.78 is 16.2. The highest BCUT2D eigenvalue weighted by Gasteiger charge is 2.28. The van der Waals surface area contributed by atoms with Gasteiger partial charge < -0.3 is 41.4 Å². The van der Waals surface area contributed by atoms with Gasteiger partial charge in [-0.3, -0.25) is 19.4 Å². The van der Waals surface area contributed by atoms with Gasteiger partial charge in [0.1, 0.15) is 36.5 Å². The standard InChI is InChI=1S/C17H25N5O4.C9H11N5O3/c1-10(25-9-24-2)14(23)12-8-19-15-13(20-12)16(22-17(18)21-15)26-11-6-4-3-5-7-11;1-3(15)6(16)4-2-11-7-5(12-4)8(17)14-9(10)13-7/h10-11H,3-9H2,1-2H3,(H3,18,19,21,22);3,15H,2H2,1H3,(H4,10,11,13,14,17)/t10-;3-/m00/s1. The smallest absolute Gasteiger partial charge is 0.280 e. The number of hydrogen-bond donors (Lipinski definition) is 6. The molecule has 3 aliphatic rings. The summed E-state index contributed by atoms with van der Waals surface area (Å²) in [6.45, 7) is 3.39. The molecule has 17 nitrogen and oxygen atoms in total. The predicted molar refractivity (Wildman–Crippen MR) is 159 cm³/mol. The number of aliphatic hydroxyl groups excluding tert-OH is 1. The minimum Gasteiger partial charge on any atom is -0.473 e. The van der Waals surface area contributed by atoms with Crippen LogP contribution in [0.4, 0.5) is 34.9 Å². The first kappa shape index (κ1) is 31.5. The Morgan fingerprint density at radius 2 is 1.58 bits per heavy atom. The average molecular weight is 601 g/mol. The highest BCUT2D eigenvalue weighted by molar-refractivity contribution is 6.44. The van der Waals surface area contributed by atoms with Crippen molar-refractivity contribution in [2.75, 3.05) is 49.1 Å². The second-order valence-electron chi connectivity index (χ2n) is 10.1. The Balaban J connectivity index is 0.000000215. The van der Waals surface area contributed by atoms with E-state index in [1.807, 2.05) is 0 Å². The molecule has 0 radical (unpaired) electrons. The SMILES string of the molecule is COCO[C@@H](C)C(=O)C1=Nc2c(nc(N)nc2OC2CCCCC2)NC1.C[C@H](O)C(=O)C1=Nc2c(nc(N)[nH]c2=O)NC1. The van der Waals surface area contributed by atoms with Crippen molar-refractivity contribution in [3.05, 3.63) is 10.4 Å². The molecule has 4 heterocycles. The lowest BCUT2D eigenvalue weighted by atomic mass is 9.98. The quantitative estimate of drug-likeness (QED) is 0.216. The molecule has 1 aliphatic carbocycles. The van der Waals surface area contributed by atoms with E-state index in [4.69, 9.17) is 30.8 Å². The second-order valence-corrected chi connectivity index (χ2v) is 10.1. The lowest BCUT2D eigenvalue weighted by Crippen LogP contribution is -2.35. The number of carbonyl (C=O) groups excluding carboxylic acids is 2. The first-order valence-electron chi connectivity index (χ1n) is 13.8. The van der Waals surface area contributed by atoms with Gasteiger partial charge in [0.05, 0.1) is 13.1 Å². The minimum absolute atomic E-state index is 0.00514. The third-order valence-electron chi connectivity index (χ3n) is 6.71. The van der Waals surface area contributed by atoms with Gasteiger partial charge in [-0.05, 0) is 39.5 Å². The fraction of sp³-hybridized carbons (Fsp3) is 0.538. The molecule has 0 unspecified atom stereocenters. The van der Waals surface area contributed by atoms with Crippen LogP contribution in [0.15, 0.2) is 14.8 Å². The fourth-order valence-electron chi connectivity index (χ4n) is 4.50. The van der Waals surface area contributed by atoms with Crippen molar-refractivity contribution >= 4 is 57.9 Å². The summed E-state index contributed by atoms with van der Waals surface area (Å²) in [6.07, 6.45) is 3.71. The van der Waals surface area contributed by atoms with Gasteiger partial charge in [-0.2, -0.15) is 15.0 Å². The molecule has 2 aromatic rings. The molecule has 1 saturated carbocycles. The Hall–Kier alpha value is -4.48. The lowest BCUT2D eigenvalue weighted by Gasteiger charge is -2.25. The molecule has 5 rings (SSSR count). The molecule has 2 aromatic heterocycles. The number of methoxy groups -OCH3 is 1. The number of aromatic nitrogens is 4. The molecule has 0 bridgehead atoms. The molecular formula is C26H36N10O7. The van der Waals surface area contributed by atoms with Crippen LogP contribution in [-0.2, 0) is 19.1 Å². The third kappa shape index (κ3) is 7.88. The van der Waals surface area contributed by atoms with Crippen molar-refractivity contribution in [3.63, 3.8) is 0 Å². The van der Waals surface area contributed by atoms with Crippen LogP contribution in [0.3, 0.4) is 0 Å². The molecule has 2 aliphatic heterocycles. The maximum absolute atomic E-state index is 12.5. The van der Waals surface area contributed by atoms with Gasteiger partial charge in [-0.25, -0.2) is 9.98 Å². The van der Waals surface area contributed by atoms with E-state index in [-0.39, 0.29) is 60.9 Å². The normalized spacial score (nSPS) is 17.3. The maximum atomic E-state index is 12.5. The monoisotopic (exact) mass is 600 g/mol. The number of anilines is 4. The van der Waals surface area contributed by atoms with Gasteiger partial charge in [-0.15, -0.1) is 0 Å². The van der Waals surface area contributed by atoms with Crippen LogP contribution in [0.1, 0.15) is 46.0 Å². The highest BCUT2D eigenvalue weighted by atomic mass is 16.7. The summed E-state index contributed by atoms with van der Waals surface area (Å²) in [4.78, 5) is 58.4. The van der Waals surface area contributed by atoms with Crippen molar-refractivity contribution in [1.82, 2.24) is 19.9 Å². The number of aliphatic hydroxyl groups is 1. The number of nitrogens with zero attached hydrogens (tertiary/aromatic N) is 5. The molecule has 2 atom stereocenters. The summed E-state index contributed by atoms with van der Waals surface area (Å²) in [5.41, 5.74) is 11.5. The van der Waals surface area contributed by atoms with Gasteiger partial charge in [-0.1, -0.05) is 6.42 Å². The number of nitrogens with two attached hydrogens (primary N) is 2. The molecule has 17 heteroatoms. The Kier molecular flexibility index (Phi) is 10.3. The Bertz CT molecular complexity index is 1470. The van der Waals surface area contributed by atoms with Gasteiger partial charge in [0.25, 0.3) is 5.56 Å². The van der Waals surface area contributed by atoms with Gasteiger partial charge in [0, 0.05) is 7.11 Å². The van der Waals surface area contributed by atoms with Crippen molar-refractivity contribution in [1.29, 1.82) is 0 Å². The number of Topliss-reactive ketones (excluding diaryl/α,β-unsaturated/α-hetero) is 2. The van der Waals surface area contributed by atoms with E-state index in [1.165, 1.54) is 20.5 Å². The first-order valence-corrected chi connectivity index (χ1v) is 13.8. The maximum Gasteiger partial charge on any atom is 0.280 e. The number of ketones is 2. The van der Waals surface area contributed by atoms with E-state index in [2.05, 4.69) is 40.6 Å². The van der Waals surface area contributed by atoms with Crippen LogP contribution in [0.5, 0.6) is 5.88 Å². The van der Waals surface area contributed by atoms with Crippen LogP contribution in [0, 0.1) is 0 Å². The molecule has 8 N–H and O–H groups in total. The molecule has 0 spiro atoms. The topological polar surface area (TPSA) is 254 Å². The van der Waals surface area contributed by atoms with Crippen molar-refractivity contribution in [2.24, 2.45) is 9.98 Å². The Morgan fingerprint density at radius 3 is 2.23 bits per heavy atom. The van der Waals surface area contributed by atoms with Crippen molar-refractivity contribution < 1.29 is 28.9 Å². The Morgan fingerprint density at radius 1 is 0.953 bits per heavy atom. The zero-order chi connectivity index (χ0) is 31.1. The zero-order valence-corrected chi connectivity index (χ0v) is 24.2. The summed E-state index contributed by atoms with van der Waals surface area (Å²) in [7, 11) is 1.50.